The third-order valence-electron chi connectivity index (χ3n) is 1.95. The molecule has 0 unspecified atom stereocenters. The van der Waals surface area contributed by atoms with Crippen LogP contribution in [0.4, 0.5) is 5.69 Å². The van der Waals surface area contributed by atoms with Gasteiger partial charge in [0, 0.05) is 12.5 Å². The van der Waals surface area contributed by atoms with Crippen molar-refractivity contribution in [2.45, 2.75) is 6.92 Å². The van der Waals surface area contributed by atoms with Gasteiger partial charge >= 0.3 is 0 Å². The minimum absolute atomic E-state index is 0.0470. The van der Waals surface area contributed by atoms with Crippen LogP contribution in [-0.2, 0) is 4.79 Å². The zero-order valence-corrected chi connectivity index (χ0v) is 10.6. The lowest BCUT2D eigenvalue weighted by Crippen LogP contribution is -2.09. The summed E-state index contributed by atoms with van der Waals surface area (Å²) in [5, 5.41) is 2.86. The molecule has 0 aliphatic carbocycles. The van der Waals surface area contributed by atoms with E-state index in [-0.39, 0.29) is 17.0 Å². The van der Waals surface area contributed by atoms with Crippen molar-refractivity contribution in [2.75, 3.05) is 17.8 Å². The van der Waals surface area contributed by atoms with Crippen molar-refractivity contribution < 1.29 is 14.3 Å². The number of hydrogen-bond donors (Lipinski definition) is 1. The van der Waals surface area contributed by atoms with Gasteiger partial charge in [-0.25, -0.2) is 0 Å². The zero-order valence-electron chi connectivity index (χ0n) is 9.04. The van der Waals surface area contributed by atoms with Crippen LogP contribution < -0.4 is 10.1 Å². The average molecular weight is 286 g/mol. The molecule has 0 heterocycles. The second-order valence-electron chi connectivity index (χ2n) is 3.15. The van der Waals surface area contributed by atoms with Crippen LogP contribution in [0.2, 0.25) is 0 Å². The highest BCUT2D eigenvalue weighted by Gasteiger charge is 2.09. The van der Waals surface area contributed by atoms with Gasteiger partial charge in [-0.1, -0.05) is 15.9 Å². The molecule has 1 aromatic rings. The molecule has 16 heavy (non-hydrogen) atoms. The number of carbonyl (C=O) groups is 2. The number of anilines is 1. The van der Waals surface area contributed by atoms with Crippen molar-refractivity contribution in [1.82, 2.24) is 0 Å². The summed E-state index contributed by atoms with van der Waals surface area (Å²) in [5.74, 6) is 0.275. The van der Waals surface area contributed by atoms with E-state index in [2.05, 4.69) is 21.2 Å². The van der Waals surface area contributed by atoms with Crippen molar-refractivity contribution in [3.63, 3.8) is 0 Å². The SMILES string of the molecule is COc1ccc(C(=O)CBr)cc1NC(C)=O. The van der Waals surface area contributed by atoms with Gasteiger partial charge in [-0.15, -0.1) is 0 Å². The molecular formula is C11H12BrNO3. The van der Waals surface area contributed by atoms with Crippen molar-refractivity contribution in [3.05, 3.63) is 23.8 Å². The second-order valence-corrected chi connectivity index (χ2v) is 3.71. The number of rotatable bonds is 4. The van der Waals surface area contributed by atoms with E-state index in [1.807, 2.05) is 0 Å². The van der Waals surface area contributed by atoms with E-state index >= 15 is 0 Å². The summed E-state index contributed by atoms with van der Waals surface area (Å²) >= 11 is 3.09. The molecule has 1 amide bonds. The molecule has 0 aliphatic heterocycles. The Morgan fingerprint density at radius 3 is 2.62 bits per heavy atom. The van der Waals surface area contributed by atoms with E-state index in [4.69, 9.17) is 4.74 Å². The topological polar surface area (TPSA) is 55.4 Å². The number of benzene rings is 1. The number of methoxy groups -OCH3 is 1. The number of carbonyl (C=O) groups excluding carboxylic acids is 2. The Hall–Kier alpha value is -1.36. The maximum absolute atomic E-state index is 11.5. The highest BCUT2D eigenvalue weighted by atomic mass is 79.9. The van der Waals surface area contributed by atoms with Gasteiger partial charge in [-0.3, -0.25) is 9.59 Å². The normalized spacial score (nSPS) is 9.69. The predicted molar refractivity (Wildman–Crippen MR) is 65.4 cm³/mol. The number of hydrogen-bond acceptors (Lipinski definition) is 3. The van der Waals surface area contributed by atoms with Gasteiger partial charge in [0.15, 0.2) is 5.78 Å². The molecule has 5 heteroatoms. The van der Waals surface area contributed by atoms with E-state index in [0.717, 1.165) is 0 Å². The van der Waals surface area contributed by atoms with Crippen LogP contribution in [0.25, 0.3) is 0 Å². The van der Waals surface area contributed by atoms with Crippen LogP contribution in [0, 0.1) is 0 Å². The van der Waals surface area contributed by atoms with E-state index in [1.54, 1.807) is 18.2 Å². The first kappa shape index (κ1) is 12.7. The van der Waals surface area contributed by atoms with Crippen LogP contribution >= 0.6 is 15.9 Å². The Labute approximate surface area is 102 Å². The Bertz CT molecular complexity index is 418. The van der Waals surface area contributed by atoms with Gasteiger partial charge in [-0.2, -0.15) is 0 Å². The number of ether oxygens (including phenoxy) is 1. The summed E-state index contributed by atoms with van der Waals surface area (Å²) in [6.45, 7) is 1.40. The molecule has 0 atom stereocenters. The molecular weight excluding hydrogens is 274 g/mol. The van der Waals surface area contributed by atoms with Crippen molar-refractivity contribution in [3.8, 4) is 5.75 Å². The third-order valence-corrected chi connectivity index (χ3v) is 2.46. The number of nitrogens with one attached hydrogen (secondary N) is 1. The van der Waals surface area contributed by atoms with E-state index in [0.29, 0.717) is 17.0 Å². The Kier molecular flexibility index (Phi) is 4.49. The zero-order chi connectivity index (χ0) is 12.1. The summed E-state index contributed by atoms with van der Waals surface area (Å²) in [6.07, 6.45) is 0. The molecule has 0 radical (unpaired) electrons. The minimum Gasteiger partial charge on any atom is -0.495 e. The first-order chi connectivity index (χ1) is 7.58. The number of ketones is 1. The number of Topliss-reactive ketones (excluding diaryl/α,β-unsaturated/α-hetero) is 1. The van der Waals surface area contributed by atoms with Crippen LogP contribution in [0.1, 0.15) is 17.3 Å². The summed E-state index contributed by atoms with van der Waals surface area (Å²) in [6, 6.07) is 4.92. The van der Waals surface area contributed by atoms with Crippen LogP contribution in [0.5, 0.6) is 5.75 Å². The van der Waals surface area contributed by atoms with Gasteiger partial charge in [0.1, 0.15) is 5.75 Å². The number of amides is 1. The third kappa shape index (κ3) is 3.06. The molecule has 0 spiro atoms. The molecule has 1 rings (SSSR count). The molecule has 0 saturated carbocycles. The standard InChI is InChI=1S/C11H12BrNO3/c1-7(14)13-9-5-8(10(15)6-12)3-4-11(9)16-2/h3-5H,6H2,1-2H3,(H,13,14). The molecule has 0 aliphatic rings. The number of alkyl halides is 1. The van der Waals surface area contributed by atoms with Crippen LogP contribution in [0.3, 0.4) is 0 Å². The largest absolute Gasteiger partial charge is 0.495 e. The predicted octanol–water partition coefficient (Wildman–Crippen LogP) is 2.23. The summed E-state index contributed by atoms with van der Waals surface area (Å²) in [4.78, 5) is 22.4. The average Bonchev–Trinajstić information content (AvgIpc) is 2.27. The van der Waals surface area contributed by atoms with Crippen LogP contribution in [-0.4, -0.2) is 24.1 Å². The number of halogens is 1. The Morgan fingerprint density at radius 2 is 2.12 bits per heavy atom. The maximum atomic E-state index is 11.5. The van der Waals surface area contributed by atoms with Gasteiger partial charge in [0.05, 0.1) is 18.1 Å². The molecule has 0 aromatic heterocycles. The minimum atomic E-state index is -0.207. The van der Waals surface area contributed by atoms with Crippen molar-refractivity contribution >= 4 is 33.3 Å². The van der Waals surface area contributed by atoms with E-state index in [9.17, 15) is 9.59 Å². The van der Waals surface area contributed by atoms with Gasteiger partial charge < -0.3 is 10.1 Å². The first-order valence-corrected chi connectivity index (χ1v) is 5.75. The molecule has 1 aromatic carbocycles. The van der Waals surface area contributed by atoms with Gasteiger partial charge in [-0.05, 0) is 18.2 Å². The van der Waals surface area contributed by atoms with Crippen molar-refractivity contribution in [2.24, 2.45) is 0 Å². The van der Waals surface area contributed by atoms with E-state index < -0.39 is 0 Å². The molecule has 0 bridgehead atoms. The first-order valence-electron chi connectivity index (χ1n) is 4.63. The maximum Gasteiger partial charge on any atom is 0.221 e. The lowest BCUT2D eigenvalue weighted by Gasteiger charge is -2.10. The fourth-order valence-electron chi connectivity index (χ4n) is 1.25. The highest BCUT2D eigenvalue weighted by Crippen LogP contribution is 2.25. The quantitative estimate of drug-likeness (QED) is 0.682. The smallest absolute Gasteiger partial charge is 0.221 e. The molecule has 4 nitrogen and oxygen atoms in total. The molecule has 0 saturated heterocycles. The van der Waals surface area contributed by atoms with Gasteiger partial charge in [0.25, 0.3) is 0 Å². The van der Waals surface area contributed by atoms with Crippen molar-refractivity contribution in [1.29, 1.82) is 0 Å². The summed E-state index contributed by atoms with van der Waals surface area (Å²) in [7, 11) is 1.51. The molecule has 86 valence electrons. The van der Waals surface area contributed by atoms with Gasteiger partial charge in [0.2, 0.25) is 5.91 Å². The fourth-order valence-corrected chi connectivity index (χ4v) is 1.57. The molecule has 0 fully saturated rings. The van der Waals surface area contributed by atoms with Crippen LogP contribution in [0.15, 0.2) is 18.2 Å². The molecule has 1 N–H and O–H groups in total. The Morgan fingerprint density at radius 1 is 1.44 bits per heavy atom. The highest BCUT2D eigenvalue weighted by molar-refractivity contribution is 9.09. The monoisotopic (exact) mass is 285 g/mol. The Balaban J connectivity index is 3.10. The van der Waals surface area contributed by atoms with E-state index in [1.165, 1.54) is 14.0 Å². The summed E-state index contributed by atoms with van der Waals surface area (Å²) in [5.41, 5.74) is 1.03. The second kappa shape index (κ2) is 5.65. The lowest BCUT2D eigenvalue weighted by atomic mass is 10.1. The lowest BCUT2D eigenvalue weighted by molar-refractivity contribution is -0.114. The fraction of sp³-hybridized carbons (Fsp3) is 0.273. The summed E-state index contributed by atoms with van der Waals surface area (Å²) < 4.78 is 5.08.